The number of amides is 1. The average molecular weight is 362 g/mol. The molecule has 142 valence electrons. The molecular formula is C21H28F2N2O. The molecule has 0 bridgehead atoms. The van der Waals surface area contributed by atoms with E-state index in [0.29, 0.717) is 18.0 Å². The molecule has 26 heavy (non-hydrogen) atoms. The number of rotatable bonds is 3. The first kappa shape index (κ1) is 17.9. The maximum atomic E-state index is 14.0. The number of carbonyl (C=O) groups is 1. The highest BCUT2D eigenvalue weighted by Gasteiger charge is 2.44. The highest BCUT2D eigenvalue weighted by Crippen LogP contribution is 2.40. The Kier molecular flexibility index (Phi) is 5.00. The van der Waals surface area contributed by atoms with Crippen LogP contribution in [-0.4, -0.2) is 41.9 Å². The quantitative estimate of drug-likeness (QED) is 0.812. The van der Waals surface area contributed by atoms with Crippen LogP contribution in [0.2, 0.25) is 0 Å². The molecule has 4 rings (SSSR count). The first-order valence-corrected chi connectivity index (χ1v) is 10.0. The van der Waals surface area contributed by atoms with Crippen LogP contribution >= 0.6 is 0 Å². The SMILES string of the molecule is O=C(C1CCCC1)N1CC[C@]2(CCCN(Cc3cccc(F)c3F)C2)C1. The number of hydrogen-bond acceptors (Lipinski definition) is 2. The average Bonchev–Trinajstić information content (AvgIpc) is 3.29. The molecule has 3 fully saturated rings. The molecule has 1 atom stereocenters. The lowest BCUT2D eigenvalue weighted by molar-refractivity contribution is -0.134. The van der Waals surface area contributed by atoms with Crippen molar-refractivity contribution in [2.75, 3.05) is 26.2 Å². The summed E-state index contributed by atoms with van der Waals surface area (Å²) < 4.78 is 27.5. The van der Waals surface area contributed by atoms with E-state index in [1.165, 1.54) is 18.9 Å². The summed E-state index contributed by atoms with van der Waals surface area (Å²) in [6.07, 6.45) is 7.69. The first-order chi connectivity index (χ1) is 12.6. The lowest BCUT2D eigenvalue weighted by atomic mass is 9.79. The van der Waals surface area contributed by atoms with Crippen molar-refractivity contribution in [3.63, 3.8) is 0 Å². The monoisotopic (exact) mass is 362 g/mol. The van der Waals surface area contributed by atoms with E-state index in [-0.39, 0.29) is 11.3 Å². The minimum atomic E-state index is -0.775. The van der Waals surface area contributed by atoms with Crippen LogP contribution in [-0.2, 0) is 11.3 Å². The maximum Gasteiger partial charge on any atom is 0.225 e. The van der Waals surface area contributed by atoms with Crippen molar-refractivity contribution >= 4 is 5.91 Å². The van der Waals surface area contributed by atoms with Crippen molar-refractivity contribution in [1.82, 2.24) is 9.80 Å². The second-order valence-corrected chi connectivity index (χ2v) is 8.52. The number of hydrogen-bond donors (Lipinski definition) is 0. The third-order valence-corrected chi connectivity index (χ3v) is 6.62. The summed E-state index contributed by atoms with van der Waals surface area (Å²) >= 11 is 0. The van der Waals surface area contributed by atoms with Crippen molar-refractivity contribution < 1.29 is 13.6 Å². The Hall–Kier alpha value is -1.49. The Bertz CT molecular complexity index is 674. The van der Waals surface area contributed by atoms with Crippen molar-refractivity contribution in [1.29, 1.82) is 0 Å². The van der Waals surface area contributed by atoms with Gasteiger partial charge >= 0.3 is 0 Å². The minimum Gasteiger partial charge on any atom is -0.342 e. The highest BCUT2D eigenvalue weighted by atomic mass is 19.2. The molecule has 1 aromatic carbocycles. The largest absolute Gasteiger partial charge is 0.342 e. The van der Waals surface area contributed by atoms with Gasteiger partial charge < -0.3 is 4.90 Å². The Morgan fingerprint density at radius 3 is 2.69 bits per heavy atom. The van der Waals surface area contributed by atoms with Gasteiger partial charge in [-0.15, -0.1) is 0 Å². The first-order valence-electron chi connectivity index (χ1n) is 10.0. The standard InChI is InChI=1S/C21H28F2N2O/c22-18-8-3-7-17(19(18)23)13-24-11-4-9-21(14-24)10-12-25(15-21)20(26)16-5-1-2-6-16/h3,7-8,16H,1-2,4-6,9-15H2/t21-/m0/s1. The molecule has 1 aromatic rings. The smallest absolute Gasteiger partial charge is 0.225 e. The van der Waals surface area contributed by atoms with Gasteiger partial charge in [-0.1, -0.05) is 25.0 Å². The van der Waals surface area contributed by atoms with Crippen LogP contribution in [0.1, 0.15) is 50.5 Å². The van der Waals surface area contributed by atoms with Gasteiger partial charge in [0.2, 0.25) is 5.91 Å². The van der Waals surface area contributed by atoms with E-state index in [1.54, 1.807) is 12.1 Å². The summed E-state index contributed by atoms with van der Waals surface area (Å²) in [5.41, 5.74) is 0.565. The zero-order valence-corrected chi connectivity index (χ0v) is 15.4. The number of likely N-dealkylation sites (tertiary alicyclic amines) is 2. The summed E-state index contributed by atoms with van der Waals surface area (Å²) in [7, 11) is 0. The fourth-order valence-electron chi connectivity index (χ4n) is 5.24. The molecular weight excluding hydrogens is 334 g/mol. The third-order valence-electron chi connectivity index (χ3n) is 6.62. The Labute approximate surface area is 154 Å². The molecule has 2 heterocycles. The second-order valence-electron chi connectivity index (χ2n) is 8.52. The Morgan fingerprint density at radius 2 is 1.88 bits per heavy atom. The number of halogens is 2. The van der Waals surface area contributed by atoms with E-state index in [2.05, 4.69) is 9.80 Å². The van der Waals surface area contributed by atoms with Crippen molar-refractivity contribution in [2.45, 2.75) is 51.5 Å². The molecule has 1 saturated carbocycles. The van der Waals surface area contributed by atoms with Crippen LogP contribution < -0.4 is 0 Å². The maximum absolute atomic E-state index is 14.0. The number of benzene rings is 1. The number of piperidine rings is 1. The van der Waals surface area contributed by atoms with Crippen LogP contribution in [0.4, 0.5) is 8.78 Å². The lowest BCUT2D eigenvalue weighted by Gasteiger charge is -2.40. The molecule has 2 aliphatic heterocycles. The molecule has 1 aliphatic carbocycles. The molecule has 3 nitrogen and oxygen atoms in total. The van der Waals surface area contributed by atoms with E-state index < -0.39 is 11.6 Å². The van der Waals surface area contributed by atoms with Crippen LogP contribution in [0.15, 0.2) is 18.2 Å². The minimum absolute atomic E-state index is 0.135. The van der Waals surface area contributed by atoms with Crippen LogP contribution in [0.25, 0.3) is 0 Å². The van der Waals surface area contributed by atoms with E-state index in [0.717, 1.165) is 58.3 Å². The molecule has 1 spiro atoms. The third kappa shape index (κ3) is 3.51. The summed E-state index contributed by atoms with van der Waals surface area (Å²) in [5.74, 6) is -0.904. The fourth-order valence-corrected chi connectivity index (χ4v) is 5.24. The van der Waals surface area contributed by atoms with E-state index >= 15 is 0 Å². The normalized spacial score (nSPS) is 27.5. The van der Waals surface area contributed by atoms with E-state index in [1.807, 2.05) is 0 Å². The zero-order valence-electron chi connectivity index (χ0n) is 15.4. The van der Waals surface area contributed by atoms with Gasteiger partial charge in [-0.25, -0.2) is 8.78 Å². The molecule has 0 aromatic heterocycles. The van der Waals surface area contributed by atoms with Crippen LogP contribution in [0.3, 0.4) is 0 Å². The van der Waals surface area contributed by atoms with Gasteiger partial charge in [0.25, 0.3) is 0 Å². The summed E-state index contributed by atoms with van der Waals surface area (Å²) in [5, 5.41) is 0. The summed E-state index contributed by atoms with van der Waals surface area (Å²) in [6, 6.07) is 4.41. The molecule has 0 unspecified atom stereocenters. The van der Waals surface area contributed by atoms with Gasteiger partial charge in [-0.3, -0.25) is 9.69 Å². The van der Waals surface area contributed by atoms with Gasteiger partial charge in [0.15, 0.2) is 11.6 Å². The second kappa shape index (κ2) is 7.26. The van der Waals surface area contributed by atoms with Gasteiger partial charge in [0.1, 0.15) is 0 Å². The molecule has 5 heteroatoms. The number of nitrogens with zero attached hydrogens (tertiary/aromatic N) is 2. The zero-order chi connectivity index (χ0) is 18.1. The molecule has 2 saturated heterocycles. The molecule has 0 N–H and O–H groups in total. The molecule has 1 amide bonds. The van der Waals surface area contributed by atoms with Gasteiger partial charge in [-0.2, -0.15) is 0 Å². The molecule has 0 radical (unpaired) electrons. The van der Waals surface area contributed by atoms with Crippen molar-refractivity contribution in [3.8, 4) is 0 Å². The van der Waals surface area contributed by atoms with Crippen molar-refractivity contribution in [3.05, 3.63) is 35.4 Å². The van der Waals surface area contributed by atoms with Gasteiger partial charge in [-0.05, 0) is 44.7 Å². The Balaban J connectivity index is 1.40. The number of carbonyl (C=O) groups excluding carboxylic acids is 1. The van der Waals surface area contributed by atoms with Crippen LogP contribution in [0.5, 0.6) is 0 Å². The van der Waals surface area contributed by atoms with E-state index in [4.69, 9.17) is 0 Å². The predicted molar refractivity (Wildman–Crippen MR) is 96.5 cm³/mol. The predicted octanol–water partition coefficient (Wildman–Crippen LogP) is 3.97. The Morgan fingerprint density at radius 1 is 1.08 bits per heavy atom. The van der Waals surface area contributed by atoms with E-state index in [9.17, 15) is 13.6 Å². The van der Waals surface area contributed by atoms with Gasteiger partial charge in [0.05, 0.1) is 0 Å². The summed E-state index contributed by atoms with van der Waals surface area (Å²) in [4.78, 5) is 17.1. The van der Waals surface area contributed by atoms with Gasteiger partial charge in [0, 0.05) is 43.1 Å². The topological polar surface area (TPSA) is 23.6 Å². The van der Waals surface area contributed by atoms with Crippen molar-refractivity contribution in [2.24, 2.45) is 11.3 Å². The summed E-state index contributed by atoms with van der Waals surface area (Å²) in [6.45, 7) is 3.93. The molecule has 3 aliphatic rings. The lowest BCUT2D eigenvalue weighted by Crippen LogP contribution is -2.45. The fraction of sp³-hybridized carbons (Fsp3) is 0.667. The highest BCUT2D eigenvalue weighted by molar-refractivity contribution is 5.79. The van der Waals surface area contributed by atoms with Crippen LogP contribution in [0, 0.1) is 23.0 Å².